The fourth-order valence-corrected chi connectivity index (χ4v) is 3.45. The number of oxime groups is 1. The molecule has 0 aromatic heterocycles. The van der Waals surface area contributed by atoms with Crippen LogP contribution < -0.4 is 0 Å². The lowest BCUT2D eigenvalue weighted by Gasteiger charge is -2.26. The fourth-order valence-electron chi connectivity index (χ4n) is 3.45. The van der Waals surface area contributed by atoms with Crippen molar-refractivity contribution in [3.05, 3.63) is 0 Å². The summed E-state index contributed by atoms with van der Waals surface area (Å²) in [5.41, 5.74) is 1.36. The number of hydrogen-bond acceptors (Lipinski definition) is 3. The fraction of sp³-hybridized carbons (Fsp3) is 0.900. The van der Waals surface area contributed by atoms with Crippen molar-refractivity contribution in [2.75, 3.05) is 0 Å². The lowest BCUT2D eigenvalue weighted by Crippen LogP contribution is -2.38. The van der Waals surface area contributed by atoms with Crippen LogP contribution in [0.15, 0.2) is 5.16 Å². The molecule has 3 heteroatoms. The smallest absolute Gasteiger partial charge is 0.243 e. The highest BCUT2D eigenvalue weighted by Crippen LogP contribution is 2.72. The molecule has 72 valence electrons. The standard InChI is InChI=1S/C10H15NO2/c1-5-7-8-6(9(8,2)3)4-10(7,12)13-11-5/h6-8,12H,4H2,1-3H3/t6-,7-,8?,10-/m1/s1. The van der Waals surface area contributed by atoms with E-state index >= 15 is 0 Å². The molecule has 3 rings (SSSR count). The predicted octanol–water partition coefficient (Wildman–Crippen LogP) is 1.37. The summed E-state index contributed by atoms with van der Waals surface area (Å²) in [6.45, 7) is 6.50. The average Bonchev–Trinajstić information content (AvgIpc) is 2.44. The van der Waals surface area contributed by atoms with Crippen LogP contribution in [0.1, 0.15) is 27.2 Å². The Morgan fingerprint density at radius 2 is 2.23 bits per heavy atom. The predicted molar refractivity (Wildman–Crippen MR) is 48.0 cm³/mol. The number of fused-ring (bicyclic) bond motifs is 3. The molecule has 2 aliphatic carbocycles. The van der Waals surface area contributed by atoms with E-state index in [4.69, 9.17) is 4.84 Å². The first kappa shape index (κ1) is 7.80. The molecule has 0 spiro atoms. The second-order valence-electron chi connectivity index (χ2n) is 5.30. The molecule has 1 unspecified atom stereocenters. The molecule has 0 radical (unpaired) electrons. The Kier molecular flexibility index (Phi) is 1.07. The van der Waals surface area contributed by atoms with Gasteiger partial charge < -0.3 is 9.94 Å². The minimum Gasteiger partial charge on any atom is -0.360 e. The molecule has 3 aliphatic rings. The van der Waals surface area contributed by atoms with E-state index in [9.17, 15) is 5.11 Å². The summed E-state index contributed by atoms with van der Waals surface area (Å²) in [5, 5.41) is 14.0. The molecule has 0 aromatic rings. The minimum absolute atomic E-state index is 0.160. The van der Waals surface area contributed by atoms with E-state index < -0.39 is 5.79 Å². The summed E-state index contributed by atoms with van der Waals surface area (Å²) < 4.78 is 0. The minimum atomic E-state index is -0.949. The van der Waals surface area contributed by atoms with Gasteiger partial charge in [-0.2, -0.15) is 0 Å². The largest absolute Gasteiger partial charge is 0.360 e. The Bertz CT molecular complexity index is 310. The molecule has 13 heavy (non-hydrogen) atoms. The third kappa shape index (κ3) is 0.688. The van der Waals surface area contributed by atoms with E-state index in [-0.39, 0.29) is 5.92 Å². The zero-order valence-corrected chi connectivity index (χ0v) is 8.24. The van der Waals surface area contributed by atoms with Gasteiger partial charge in [-0.1, -0.05) is 19.0 Å². The van der Waals surface area contributed by atoms with Crippen molar-refractivity contribution in [3.8, 4) is 0 Å². The monoisotopic (exact) mass is 181 g/mol. The molecule has 4 atom stereocenters. The molecule has 2 fully saturated rings. The van der Waals surface area contributed by atoms with E-state index in [0.717, 1.165) is 12.1 Å². The van der Waals surface area contributed by atoms with Gasteiger partial charge >= 0.3 is 0 Å². The second kappa shape index (κ2) is 1.78. The molecular weight excluding hydrogens is 166 g/mol. The highest BCUT2D eigenvalue weighted by molar-refractivity contribution is 5.87. The lowest BCUT2D eigenvalue weighted by atomic mass is 9.86. The Morgan fingerprint density at radius 3 is 2.92 bits per heavy atom. The molecule has 0 bridgehead atoms. The van der Waals surface area contributed by atoms with E-state index in [0.29, 0.717) is 17.3 Å². The van der Waals surface area contributed by atoms with E-state index in [2.05, 4.69) is 19.0 Å². The number of hydrogen-bond donors (Lipinski definition) is 1. The summed E-state index contributed by atoms with van der Waals surface area (Å²) in [6.07, 6.45) is 0.760. The van der Waals surface area contributed by atoms with Crippen LogP contribution in [0.4, 0.5) is 0 Å². The van der Waals surface area contributed by atoms with Crippen molar-refractivity contribution in [2.45, 2.75) is 33.0 Å². The van der Waals surface area contributed by atoms with Crippen LogP contribution in [-0.2, 0) is 4.84 Å². The first-order chi connectivity index (χ1) is 5.97. The highest BCUT2D eigenvalue weighted by atomic mass is 16.7. The molecule has 1 heterocycles. The first-order valence-corrected chi connectivity index (χ1v) is 4.92. The summed E-state index contributed by atoms with van der Waals surface area (Å²) in [6, 6.07) is 0. The molecule has 1 N–H and O–H groups in total. The summed E-state index contributed by atoms with van der Waals surface area (Å²) >= 11 is 0. The van der Waals surface area contributed by atoms with Crippen LogP contribution in [0.5, 0.6) is 0 Å². The van der Waals surface area contributed by atoms with Crippen molar-refractivity contribution < 1.29 is 9.94 Å². The van der Waals surface area contributed by atoms with Crippen molar-refractivity contribution in [1.29, 1.82) is 0 Å². The van der Waals surface area contributed by atoms with Crippen molar-refractivity contribution in [1.82, 2.24) is 0 Å². The van der Waals surface area contributed by atoms with Gasteiger partial charge in [0.05, 0.1) is 11.6 Å². The zero-order valence-electron chi connectivity index (χ0n) is 8.24. The SMILES string of the molecule is CC1=NO[C@]2(O)C[C@@H]3C([C@@H]12)C3(C)C. The average molecular weight is 181 g/mol. The number of aliphatic hydroxyl groups is 1. The maximum absolute atomic E-state index is 10.1. The van der Waals surface area contributed by atoms with Gasteiger partial charge in [0.2, 0.25) is 5.79 Å². The van der Waals surface area contributed by atoms with Crippen LogP contribution >= 0.6 is 0 Å². The molecule has 3 nitrogen and oxygen atoms in total. The van der Waals surface area contributed by atoms with Crippen molar-refractivity contribution in [2.24, 2.45) is 28.3 Å². The van der Waals surface area contributed by atoms with Crippen LogP contribution in [0, 0.1) is 23.2 Å². The van der Waals surface area contributed by atoms with Gasteiger partial charge in [0.15, 0.2) is 0 Å². The topological polar surface area (TPSA) is 41.8 Å². The van der Waals surface area contributed by atoms with Crippen LogP contribution in [0.25, 0.3) is 0 Å². The van der Waals surface area contributed by atoms with Gasteiger partial charge in [0, 0.05) is 6.42 Å². The first-order valence-electron chi connectivity index (χ1n) is 4.92. The van der Waals surface area contributed by atoms with Gasteiger partial charge in [0.1, 0.15) is 0 Å². The lowest BCUT2D eigenvalue weighted by molar-refractivity contribution is -0.208. The summed E-state index contributed by atoms with van der Waals surface area (Å²) in [4.78, 5) is 5.11. The quantitative estimate of drug-likeness (QED) is 0.613. The summed E-state index contributed by atoms with van der Waals surface area (Å²) in [7, 11) is 0. The van der Waals surface area contributed by atoms with Crippen LogP contribution in [0.3, 0.4) is 0 Å². The van der Waals surface area contributed by atoms with Gasteiger partial charge in [-0.15, -0.1) is 0 Å². The van der Waals surface area contributed by atoms with E-state index in [1.807, 2.05) is 6.92 Å². The van der Waals surface area contributed by atoms with Gasteiger partial charge in [-0.3, -0.25) is 0 Å². The third-order valence-corrected chi connectivity index (χ3v) is 4.29. The Morgan fingerprint density at radius 1 is 1.54 bits per heavy atom. The molecule has 0 aromatic carbocycles. The molecular formula is C10H15NO2. The second-order valence-corrected chi connectivity index (χ2v) is 5.30. The van der Waals surface area contributed by atoms with Gasteiger partial charge in [-0.25, -0.2) is 0 Å². The Balaban J connectivity index is 1.98. The van der Waals surface area contributed by atoms with E-state index in [1.54, 1.807) is 0 Å². The van der Waals surface area contributed by atoms with Gasteiger partial charge in [-0.05, 0) is 24.2 Å². The van der Waals surface area contributed by atoms with Crippen LogP contribution in [-0.4, -0.2) is 16.6 Å². The zero-order chi connectivity index (χ0) is 9.43. The Labute approximate surface area is 77.8 Å². The molecule has 1 aliphatic heterocycles. The maximum Gasteiger partial charge on any atom is 0.243 e. The number of rotatable bonds is 0. The molecule has 0 amide bonds. The maximum atomic E-state index is 10.1. The van der Waals surface area contributed by atoms with Crippen molar-refractivity contribution >= 4 is 5.71 Å². The highest BCUT2D eigenvalue weighted by Gasteiger charge is 2.75. The summed E-state index contributed by atoms with van der Waals surface area (Å²) in [5.74, 6) is 0.429. The van der Waals surface area contributed by atoms with Gasteiger partial charge in [0.25, 0.3) is 0 Å². The normalized spacial score (nSPS) is 55.1. The Hall–Kier alpha value is -0.570. The van der Waals surface area contributed by atoms with Crippen LogP contribution in [0.2, 0.25) is 0 Å². The van der Waals surface area contributed by atoms with Crippen molar-refractivity contribution in [3.63, 3.8) is 0 Å². The van der Waals surface area contributed by atoms with E-state index in [1.165, 1.54) is 0 Å². The third-order valence-electron chi connectivity index (χ3n) is 4.29. The molecule has 2 saturated carbocycles. The number of nitrogens with zero attached hydrogens (tertiary/aromatic N) is 1. The molecule has 0 saturated heterocycles.